The van der Waals surface area contributed by atoms with Crippen molar-refractivity contribution in [1.82, 2.24) is 0 Å². The van der Waals surface area contributed by atoms with Crippen LogP contribution in [0.15, 0.2) is 12.1 Å². The zero-order chi connectivity index (χ0) is 13.2. The summed E-state index contributed by atoms with van der Waals surface area (Å²) in [7, 11) is 1.23. The van der Waals surface area contributed by atoms with Gasteiger partial charge in [-0.2, -0.15) is 0 Å². The number of hydrogen-bond donors (Lipinski definition) is 0. The van der Waals surface area contributed by atoms with Crippen LogP contribution in [0.5, 0.6) is 0 Å². The molecular formula is C10H8BrCl2NO3. The van der Waals surface area contributed by atoms with E-state index in [9.17, 15) is 9.59 Å². The van der Waals surface area contributed by atoms with Gasteiger partial charge in [0.15, 0.2) is 0 Å². The lowest BCUT2D eigenvalue weighted by molar-refractivity contribution is -0.115. The van der Waals surface area contributed by atoms with Gasteiger partial charge in [-0.05, 0) is 12.1 Å². The van der Waals surface area contributed by atoms with Crippen molar-refractivity contribution in [2.75, 3.05) is 11.0 Å². The summed E-state index contributed by atoms with van der Waals surface area (Å²) in [6.45, 7) is 1.32. The molecule has 1 rings (SSSR count). The van der Waals surface area contributed by atoms with Crippen LogP contribution in [0.3, 0.4) is 0 Å². The molecule has 7 heteroatoms. The van der Waals surface area contributed by atoms with Crippen LogP contribution >= 0.6 is 39.3 Å². The molecule has 0 saturated heterocycles. The molecule has 0 bridgehead atoms. The minimum atomic E-state index is -0.646. The van der Waals surface area contributed by atoms with E-state index in [0.29, 0.717) is 5.02 Å². The van der Waals surface area contributed by atoms with Gasteiger partial charge in [-0.25, -0.2) is 8.72 Å². The molecule has 0 spiro atoms. The van der Waals surface area contributed by atoms with Gasteiger partial charge in [0.25, 0.3) is 0 Å². The van der Waals surface area contributed by atoms with E-state index < -0.39 is 5.97 Å². The lowest BCUT2D eigenvalue weighted by Gasteiger charge is -2.17. The second-order valence-electron chi connectivity index (χ2n) is 3.07. The summed E-state index contributed by atoms with van der Waals surface area (Å²) in [4.78, 5) is 22.9. The number of anilines is 1. The SMILES string of the molecule is COC(=O)c1c(Cl)cc(Cl)cc1N(Br)C(C)=O. The van der Waals surface area contributed by atoms with E-state index in [-0.39, 0.29) is 22.2 Å². The summed E-state index contributed by atoms with van der Waals surface area (Å²) >= 11 is 14.8. The van der Waals surface area contributed by atoms with Gasteiger partial charge in [-0.3, -0.25) is 4.79 Å². The standard InChI is InChI=1S/C10H8BrCl2NO3/c1-5(15)14(11)8-4-6(12)3-7(13)9(8)10(16)17-2/h3-4H,1-2H3. The average molecular weight is 341 g/mol. The molecule has 92 valence electrons. The number of benzene rings is 1. The minimum Gasteiger partial charge on any atom is -0.465 e. The average Bonchev–Trinajstić information content (AvgIpc) is 2.25. The van der Waals surface area contributed by atoms with Crippen molar-refractivity contribution in [1.29, 1.82) is 0 Å². The van der Waals surface area contributed by atoms with E-state index in [1.807, 2.05) is 0 Å². The van der Waals surface area contributed by atoms with E-state index in [4.69, 9.17) is 23.2 Å². The van der Waals surface area contributed by atoms with Crippen molar-refractivity contribution in [3.8, 4) is 0 Å². The molecule has 0 aliphatic heterocycles. The molecule has 1 aromatic carbocycles. The predicted molar refractivity (Wildman–Crippen MR) is 69.9 cm³/mol. The van der Waals surface area contributed by atoms with Crippen LogP contribution in [-0.4, -0.2) is 19.0 Å². The largest absolute Gasteiger partial charge is 0.465 e. The van der Waals surface area contributed by atoms with Gasteiger partial charge in [0.1, 0.15) is 5.56 Å². The maximum Gasteiger partial charge on any atom is 0.341 e. The molecule has 0 aliphatic rings. The van der Waals surface area contributed by atoms with Crippen LogP contribution in [0.2, 0.25) is 10.0 Å². The second kappa shape index (κ2) is 5.71. The molecule has 0 radical (unpaired) electrons. The second-order valence-corrected chi connectivity index (χ2v) is 4.63. The molecule has 1 aromatic rings. The maximum absolute atomic E-state index is 11.6. The Bertz CT molecular complexity index is 479. The first kappa shape index (κ1) is 14.3. The highest BCUT2D eigenvalue weighted by molar-refractivity contribution is 9.10. The quantitative estimate of drug-likeness (QED) is 0.612. The van der Waals surface area contributed by atoms with E-state index >= 15 is 0 Å². The molecule has 0 aliphatic carbocycles. The summed E-state index contributed by atoms with van der Waals surface area (Å²) < 4.78 is 5.70. The Balaban J connectivity index is 3.45. The summed E-state index contributed by atoms with van der Waals surface area (Å²) in [5.41, 5.74) is 0.312. The van der Waals surface area contributed by atoms with Crippen molar-refractivity contribution in [2.45, 2.75) is 6.92 Å². The van der Waals surface area contributed by atoms with Gasteiger partial charge in [0.2, 0.25) is 5.91 Å². The first-order chi connectivity index (χ1) is 7.88. The van der Waals surface area contributed by atoms with Crippen molar-refractivity contribution in [2.24, 2.45) is 0 Å². The molecule has 4 nitrogen and oxygen atoms in total. The molecule has 0 heterocycles. The van der Waals surface area contributed by atoms with Gasteiger partial charge >= 0.3 is 5.97 Å². The Morgan fingerprint density at radius 3 is 2.41 bits per heavy atom. The topological polar surface area (TPSA) is 46.6 Å². The van der Waals surface area contributed by atoms with E-state index in [1.165, 1.54) is 26.2 Å². The highest BCUT2D eigenvalue weighted by Gasteiger charge is 2.22. The summed E-state index contributed by atoms with van der Waals surface area (Å²) in [6, 6.07) is 2.84. The van der Waals surface area contributed by atoms with Gasteiger partial charge in [0, 0.05) is 11.9 Å². The van der Waals surface area contributed by atoms with E-state index in [2.05, 4.69) is 20.9 Å². The van der Waals surface area contributed by atoms with Crippen molar-refractivity contribution >= 4 is 56.9 Å². The zero-order valence-corrected chi connectivity index (χ0v) is 12.1. The zero-order valence-electron chi connectivity index (χ0n) is 8.96. The summed E-state index contributed by atoms with van der Waals surface area (Å²) in [6.07, 6.45) is 0. The number of hydrogen-bond acceptors (Lipinski definition) is 3. The number of esters is 1. The highest BCUT2D eigenvalue weighted by Crippen LogP contribution is 2.33. The van der Waals surface area contributed by atoms with Crippen molar-refractivity contribution in [3.63, 3.8) is 0 Å². The minimum absolute atomic E-state index is 0.0747. The van der Waals surface area contributed by atoms with Crippen molar-refractivity contribution in [3.05, 3.63) is 27.7 Å². The van der Waals surface area contributed by atoms with Crippen molar-refractivity contribution < 1.29 is 14.3 Å². The van der Waals surface area contributed by atoms with Crippen LogP contribution in [0.4, 0.5) is 5.69 Å². The molecule has 1 amide bonds. The number of rotatable bonds is 2. The van der Waals surface area contributed by atoms with Gasteiger partial charge < -0.3 is 4.74 Å². The number of nitrogens with zero attached hydrogens (tertiary/aromatic N) is 1. The Labute approximate surface area is 117 Å². The molecule has 0 unspecified atom stereocenters. The monoisotopic (exact) mass is 339 g/mol. The Hall–Kier alpha value is -0.780. The van der Waals surface area contributed by atoms with Gasteiger partial charge in [0.05, 0.1) is 34.0 Å². The van der Waals surface area contributed by atoms with Crippen LogP contribution in [0.1, 0.15) is 17.3 Å². The Morgan fingerprint density at radius 2 is 1.94 bits per heavy atom. The van der Waals surface area contributed by atoms with Crippen LogP contribution in [-0.2, 0) is 9.53 Å². The molecule has 0 N–H and O–H groups in total. The third-order valence-corrected chi connectivity index (χ3v) is 3.31. The third-order valence-electron chi connectivity index (χ3n) is 1.91. The van der Waals surface area contributed by atoms with Crippen LogP contribution in [0, 0.1) is 0 Å². The fourth-order valence-electron chi connectivity index (χ4n) is 1.19. The molecule has 0 saturated carbocycles. The molecular weight excluding hydrogens is 333 g/mol. The molecule has 0 aromatic heterocycles. The van der Waals surface area contributed by atoms with E-state index in [1.54, 1.807) is 0 Å². The number of amides is 1. The number of carbonyl (C=O) groups excluding carboxylic acids is 2. The van der Waals surface area contributed by atoms with E-state index in [0.717, 1.165) is 3.93 Å². The fraction of sp³-hybridized carbons (Fsp3) is 0.200. The number of methoxy groups -OCH3 is 1. The van der Waals surface area contributed by atoms with Gasteiger partial charge in [-0.15, -0.1) is 0 Å². The highest BCUT2D eigenvalue weighted by atomic mass is 79.9. The van der Waals surface area contributed by atoms with Crippen LogP contribution < -0.4 is 3.93 Å². The molecule has 0 fully saturated rings. The lowest BCUT2D eigenvalue weighted by Crippen LogP contribution is -2.19. The predicted octanol–water partition coefficient (Wildman–Crippen LogP) is 3.44. The first-order valence-electron chi connectivity index (χ1n) is 4.42. The lowest BCUT2D eigenvalue weighted by atomic mass is 10.1. The normalized spacial score (nSPS) is 9.94. The smallest absolute Gasteiger partial charge is 0.341 e. The summed E-state index contributed by atoms with van der Waals surface area (Å²) in [5, 5.41) is 0.424. The summed E-state index contributed by atoms with van der Waals surface area (Å²) in [5.74, 6) is -0.971. The third kappa shape index (κ3) is 3.12. The first-order valence-corrected chi connectivity index (χ1v) is 5.88. The Morgan fingerprint density at radius 1 is 1.35 bits per heavy atom. The van der Waals surface area contributed by atoms with Crippen LogP contribution in [0.25, 0.3) is 0 Å². The van der Waals surface area contributed by atoms with Gasteiger partial charge in [-0.1, -0.05) is 23.2 Å². The fourth-order valence-corrected chi connectivity index (χ4v) is 2.03. The number of carbonyl (C=O) groups is 2. The molecule has 17 heavy (non-hydrogen) atoms. The maximum atomic E-state index is 11.6. The number of halogens is 3. The Kier molecular flexibility index (Phi) is 4.80. The number of ether oxygens (including phenoxy) is 1. The molecule has 0 atom stereocenters.